The van der Waals surface area contributed by atoms with Crippen molar-refractivity contribution in [1.82, 2.24) is 10.2 Å². The fraction of sp³-hybridized carbons (Fsp3) is 0.263. The van der Waals surface area contributed by atoms with Gasteiger partial charge in [-0.3, -0.25) is 9.69 Å². The van der Waals surface area contributed by atoms with E-state index in [4.69, 9.17) is 11.6 Å². The SMILES string of the molecule is O=C1N[C@@]2(CCc3ccccc3C2)C(=O)N1Cc1ccc(Cl)cc1. The summed E-state index contributed by atoms with van der Waals surface area (Å²) in [5.74, 6) is -0.128. The van der Waals surface area contributed by atoms with E-state index in [9.17, 15) is 9.59 Å². The average Bonchev–Trinajstić information content (AvgIpc) is 2.81. The topological polar surface area (TPSA) is 49.4 Å². The maximum Gasteiger partial charge on any atom is 0.325 e. The van der Waals surface area contributed by atoms with Gasteiger partial charge in [-0.15, -0.1) is 0 Å². The average molecular weight is 341 g/mol. The predicted octanol–water partition coefficient (Wildman–Crippen LogP) is 3.32. The van der Waals surface area contributed by atoms with Gasteiger partial charge < -0.3 is 5.32 Å². The van der Waals surface area contributed by atoms with E-state index in [0.717, 1.165) is 17.5 Å². The molecule has 122 valence electrons. The number of fused-ring (bicyclic) bond motifs is 1. The number of hydrogen-bond donors (Lipinski definition) is 1. The number of urea groups is 1. The monoisotopic (exact) mass is 340 g/mol. The summed E-state index contributed by atoms with van der Waals surface area (Å²) in [6.45, 7) is 0.269. The molecule has 1 aliphatic carbocycles. The highest BCUT2D eigenvalue weighted by Crippen LogP contribution is 2.34. The zero-order valence-electron chi connectivity index (χ0n) is 13.1. The fourth-order valence-electron chi connectivity index (χ4n) is 3.62. The van der Waals surface area contributed by atoms with E-state index in [1.807, 2.05) is 30.3 Å². The van der Waals surface area contributed by atoms with E-state index < -0.39 is 5.54 Å². The molecule has 0 saturated carbocycles. The smallest absolute Gasteiger partial charge is 0.323 e. The molecule has 1 fully saturated rings. The van der Waals surface area contributed by atoms with Crippen molar-refractivity contribution in [3.05, 3.63) is 70.2 Å². The van der Waals surface area contributed by atoms with Crippen molar-refractivity contribution in [3.8, 4) is 0 Å². The minimum atomic E-state index is -0.794. The molecule has 2 aromatic rings. The Morgan fingerprint density at radius 3 is 2.50 bits per heavy atom. The molecule has 0 radical (unpaired) electrons. The van der Waals surface area contributed by atoms with Gasteiger partial charge in [0.25, 0.3) is 5.91 Å². The van der Waals surface area contributed by atoms with E-state index in [1.165, 1.54) is 10.5 Å². The zero-order valence-corrected chi connectivity index (χ0v) is 13.8. The maximum absolute atomic E-state index is 13.0. The highest BCUT2D eigenvalue weighted by molar-refractivity contribution is 6.30. The first-order chi connectivity index (χ1) is 11.6. The number of nitrogens with one attached hydrogen (secondary N) is 1. The number of halogens is 1. The van der Waals surface area contributed by atoms with Gasteiger partial charge in [0.1, 0.15) is 5.54 Å². The molecule has 1 atom stereocenters. The molecule has 1 saturated heterocycles. The number of aryl methyl sites for hydroxylation is 1. The third kappa shape index (κ3) is 2.47. The van der Waals surface area contributed by atoms with Gasteiger partial charge in [-0.2, -0.15) is 0 Å². The summed E-state index contributed by atoms with van der Waals surface area (Å²) in [5.41, 5.74) is 2.50. The summed E-state index contributed by atoms with van der Waals surface area (Å²) in [6.07, 6.45) is 2.01. The van der Waals surface area contributed by atoms with Gasteiger partial charge >= 0.3 is 6.03 Å². The number of benzene rings is 2. The van der Waals surface area contributed by atoms with Crippen LogP contribution in [0.1, 0.15) is 23.1 Å². The van der Waals surface area contributed by atoms with Crippen LogP contribution in [0.3, 0.4) is 0 Å². The molecule has 2 aromatic carbocycles. The van der Waals surface area contributed by atoms with Crippen molar-refractivity contribution in [2.24, 2.45) is 0 Å². The van der Waals surface area contributed by atoms with Gasteiger partial charge in [-0.25, -0.2) is 4.79 Å². The molecule has 0 unspecified atom stereocenters. The molecule has 0 bridgehead atoms. The number of rotatable bonds is 2. The lowest BCUT2D eigenvalue weighted by Crippen LogP contribution is -2.51. The normalized spacial score (nSPS) is 22.6. The molecule has 1 heterocycles. The second-order valence-electron chi connectivity index (χ2n) is 6.48. The van der Waals surface area contributed by atoms with Crippen LogP contribution in [0.5, 0.6) is 0 Å². The first-order valence-electron chi connectivity index (χ1n) is 8.03. The van der Waals surface area contributed by atoms with Crippen LogP contribution in [0.2, 0.25) is 5.02 Å². The number of carbonyl (C=O) groups is 2. The lowest BCUT2D eigenvalue weighted by Gasteiger charge is -2.32. The Morgan fingerprint density at radius 1 is 1.04 bits per heavy atom. The summed E-state index contributed by atoms with van der Waals surface area (Å²) in [5, 5.41) is 3.59. The Morgan fingerprint density at radius 2 is 1.75 bits per heavy atom. The van der Waals surface area contributed by atoms with Crippen molar-refractivity contribution < 1.29 is 9.59 Å². The van der Waals surface area contributed by atoms with Crippen molar-refractivity contribution in [2.75, 3.05) is 0 Å². The minimum absolute atomic E-state index is 0.128. The predicted molar refractivity (Wildman–Crippen MR) is 91.7 cm³/mol. The van der Waals surface area contributed by atoms with E-state index in [2.05, 4.69) is 11.4 Å². The molecule has 5 heteroatoms. The standard InChI is InChI=1S/C19H17ClN2O2/c20-16-7-5-13(6-8-16)12-22-17(23)19(21-18(22)24)10-9-14-3-1-2-4-15(14)11-19/h1-8H,9-12H2,(H,21,24)/t19-/m1/s1. The number of imide groups is 1. The number of nitrogens with zero attached hydrogens (tertiary/aromatic N) is 1. The summed E-state index contributed by atoms with van der Waals surface area (Å²) < 4.78 is 0. The van der Waals surface area contributed by atoms with Crippen LogP contribution in [0, 0.1) is 0 Å². The summed E-state index contributed by atoms with van der Waals surface area (Å²) >= 11 is 5.89. The van der Waals surface area contributed by atoms with E-state index >= 15 is 0 Å². The molecule has 3 amide bonds. The maximum atomic E-state index is 13.0. The Kier molecular flexibility index (Phi) is 3.57. The molecule has 1 aliphatic heterocycles. The first-order valence-corrected chi connectivity index (χ1v) is 8.41. The molecular formula is C19H17ClN2O2. The van der Waals surface area contributed by atoms with Gasteiger partial charge in [0.05, 0.1) is 6.54 Å². The second-order valence-corrected chi connectivity index (χ2v) is 6.91. The van der Waals surface area contributed by atoms with Crippen LogP contribution in [0.4, 0.5) is 4.79 Å². The summed E-state index contributed by atoms with van der Waals surface area (Å²) in [6, 6.07) is 15.0. The van der Waals surface area contributed by atoms with Crippen LogP contribution >= 0.6 is 11.6 Å². The zero-order chi connectivity index (χ0) is 16.7. The number of carbonyl (C=O) groups excluding carboxylic acids is 2. The lowest BCUT2D eigenvalue weighted by molar-refractivity contribution is -0.132. The molecule has 4 nitrogen and oxygen atoms in total. The van der Waals surface area contributed by atoms with Gasteiger partial charge in [0.2, 0.25) is 0 Å². The fourth-order valence-corrected chi connectivity index (χ4v) is 3.74. The van der Waals surface area contributed by atoms with E-state index in [1.54, 1.807) is 12.1 Å². The van der Waals surface area contributed by atoms with Crippen LogP contribution < -0.4 is 5.32 Å². The number of hydrogen-bond acceptors (Lipinski definition) is 2. The molecule has 1 N–H and O–H groups in total. The van der Waals surface area contributed by atoms with Crippen molar-refractivity contribution in [2.45, 2.75) is 31.3 Å². The van der Waals surface area contributed by atoms with Gasteiger partial charge in [-0.1, -0.05) is 48.0 Å². The van der Waals surface area contributed by atoms with Gasteiger partial charge in [0, 0.05) is 11.4 Å². The highest BCUT2D eigenvalue weighted by atomic mass is 35.5. The quantitative estimate of drug-likeness (QED) is 0.853. The van der Waals surface area contributed by atoms with Crippen molar-refractivity contribution in [3.63, 3.8) is 0 Å². The molecule has 0 aromatic heterocycles. The molecule has 2 aliphatic rings. The van der Waals surface area contributed by atoms with Crippen molar-refractivity contribution >= 4 is 23.5 Å². The van der Waals surface area contributed by atoms with Crippen LogP contribution in [-0.2, 0) is 24.2 Å². The first kappa shape index (κ1) is 15.2. The molecule has 24 heavy (non-hydrogen) atoms. The van der Waals surface area contributed by atoms with Crippen LogP contribution in [-0.4, -0.2) is 22.4 Å². The summed E-state index contributed by atoms with van der Waals surface area (Å²) in [4.78, 5) is 26.7. The largest absolute Gasteiger partial charge is 0.325 e. The molecular weight excluding hydrogens is 324 g/mol. The van der Waals surface area contributed by atoms with E-state index in [-0.39, 0.29) is 18.5 Å². The second kappa shape index (κ2) is 5.64. The molecule has 1 spiro atoms. The Hall–Kier alpha value is -2.33. The van der Waals surface area contributed by atoms with Crippen molar-refractivity contribution in [1.29, 1.82) is 0 Å². The Balaban J connectivity index is 1.59. The van der Waals surface area contributed by atoms with Crippen LogP contribution in [0.25, 0.3) is 0 Å². The van der Waals surface area contributed by atoms with Gasteiger partial charge in [-0.05, 0) is 41.7 Å². The summed E-state index contributed by atoms with van der Waals surface area (Å²) in [7, 11) is 0. The third-order valence-electron chi connectivity index (χ3n) is 4.93. The highest BCUT2D eigenvalue weighted by Gasteiger charge is 2.52. The Labute approximate surface area is 145 Å². The third-order valence-corrected chi connectivity index (χ3v) is 5.18. The van der Waals surface area contributed by atoms with Crippen LogP contribution in [0.15, 0.2) is 48.5 Å². The minimum Gasteiger partial charge on any atom is -0.323 e. The Bertz CT molecular complexity index is 818. The number of amides is 3. The van der Waals surface area contributed by atoms with Gasteiger partial charge in [0.15, 0.2) is 0 Å². The van der Waals surface area contributed by atoms with E-state index in [0.29, 0.717) is 17.9 Å². The molecule has 4 rings (SSSR count). The lowest BCUT2D eigenvalue weighted by atomic mass is 9.78.